The lowest BCUT2D eigenvalue weighted by Gasteiger charge is -2.21. The first-order valence-electron chi connectivity index (χ1n) is 31.0. The van der Waals surface area contributed by atoms with E-state index in [0.717, 1.165) is 102 Å². The second-order valence-electron chi connectivity index (χ2n) is 22.3. The van der Waals surface area contributed by atoms with Gasteiger partial charge in [-0.2, -0.15) is 0 Å². The van der Waals surface area contributed by atoms with Crippen molar-refractivity contribution in [2.75, 3.05) is 39.6 Å². The lowest BCUT2D eigenvalue weighted by Crippen LogP contribution is -2.30. The van der Waals surface area contributed by atoms with Gasteiger partial charge in [-0.15, -0.1) is 0 Å². The third-order valence-corrected chi connectivity index (χ3v) is 15.4. The van der Waals surface area contributed by atoms with E-state index in [4.69, 9.17) is 37.0 Å². The molecule has 0 saturated carbocycles. The Morgan fingerprint density at radius 2 is 0.590 bits per heavy atom. The fraction of sp³-hybridized carbons (Fsp3) is 0.932. The van der Waals surface area contributed by atoms with E-state index in [1.165, 1.54) is 96.3 Å². The van der Waals surface area contributed by atoms with Crippen LogP contribution in [-0.4, -0.2) is 96.7 Å². The number of rotatable bonds is 58. The van der Waals surface area contributed by atoms with Crippen LogP contribution in [0.1, 0.15) is 286 Å². The number of aliphatic hydroxyl groups is 1. The Labute approximate surface area is 473 Å². The monoisotopic (exact) mass is 1160 g/mol. The average Bonchev–Trinajstić information content (AvgIpc) is 3.39. The highest BCUT2D eigenvalue weighted by atomic mass is 31.2. The van der Waals surface area contributed by atoms with E-state index in [-0.39, 0.29) is 25.7 Å². The highest BCUT2D eigenvalue weighted by Gasteiger charge is 2.30. The molecule has 0 aromatic heterocycles. The molecule has 2 unspecified atom stereocenters. The van der Waals surface area contributed by atoms with E-state index >= 15 is 0 Å². The summed E-state index contributed by atoms with van der Waals surface area (Å²) < 4.78 is 67.6. The van der Waals surface area contributed by atoms with Crippen LogP contribution < -0.4 is 0 Å². The first-order valence-corrected chi connectivity index (χ1v) is 34.0. The minimum absolute atomic E-state index is 0.101. The number of unbranched alkanes of at least 4 members (excludes halogenated alkanes) is 28. The van der Waals surface area contributed by atoms with Crippen molar-refractivity contribution < 1.29 is 80.2 Å². The van der Waals surface area contributed by atoms with Gasteiger partial charge in [0, 0.05) is 25.7 Å². The molecule has 0 heterocycles. The quantitative estimate of drug-likeness (QED) is 0.0222. The molecule has 5 atom stereocenters. The lowest BCUT2D eigenvalue weighted by molar-refractivity contribution is -0.161. The van der Waals surface area contributed by atoms with Crippen LogP contribution in [0.5, 0.6) is 0 Å². The molecule has 0 rings (SSSR count). The van der Waals surface area contributed by atoms with Crippen LogP contribution in [-0.2, 0) is 65.4 Å². The molecule has 0 amide bonds. The van der Waals surface area contributed by atoms with Gasteiger partial charge in [-0.1, -0.05) is 234 Å². The number of phosphoric ester groups is 2. The van der Waals surface area contributed by atoms with Gasteiger partial charge in [-0.25, -0.2) is 9.13 Å². The first-order chi connectivity index (χ1) is 37.4. The topological polar surface area (TPSA) is 237 Å². The van der Waals surface area contributed by atoms with Gasteiger partial charge in [0.25, 0.3) is 0 Å². The van der Waals surface area contributed by atoms with Gasteiger partial charge in [0.2, 0.25) is 0 Å². The van der Waals surface area contributed by atoms with Crippen molar-refractivity contribution in [3.63, 3.8) is 0 Å². The van der Waals surface area contributed by atoms with Crippen LogP contribution in [0.4, 0.5) is 0 Å². The highest BCUT2D eigenvalue weighted by molar-refractivity contribution is 7.47. The van der Waals surface area contributed by atoms with E-state index in [2.05, 4.69) is 41.5 Å². The maximum absolute atomic E-state index is 12.9. The molecule has 0 saturated heterocycles. The Morgan fingerprint density at radius 3 is 0.872 bits per heavy atom. The molecule has 78 heavy (non-hydrogen) atoms. The van der Waals surface area contributed by atoms with Gasteiger partial charge in [0.15, 0.2) is 12.2 Å². The standard InChI is InChI=1S/C59H114O17P2/c1-7-9-11-13-14-15-16-20-23-30-36-42-57(62)70-48-55(75-58(63)43-37-31-24-21-18-17-19-22-28-33-39-51(3)4)50-74-78(67,68)72-46-53(60)45-71-77(65,66)73-49-54(47-69-56(61)41-35-27-12-10-8-2)76-59(64)44-38-32-26-25-29-34-40-52(5)6/h51-55,60H,7-50H2,1-6H3,(H,65,66)(H,67,68)/t53-,54+,55+/m0/s1. The number of carbonyl (C=O) groups excluding carboxylic acids is 4. The van der Waals surface area contributed by atoms with E-state index in [1.807, 2.05) is 0 Å². The van der Waals surface area contributed by atoms with Crippen LogP contribution in [0.15, 0.2) is 0 Å². The Bertz CT molecular complexity index is 1550. The van der Waals surface area contributed by atoms with Crippen molar-refractivity contribution in [3.8, 4) is 0 Å². The van der Waals surface area contributed by atoms with Gasteiger partial charge >= 0.3 is 39.5 Å². The van der Waals surface area contributed by atoms with Crippen LogP contribution in [0.25, 0.3) is 0 Å². The molecule has 462 valence electrons. The third kappa shape index (κ3) is 53.4. The number of carbonyl (C=O) groups is 4. The molecule has 0 fully saturated rings. The molecule has 17 nitrogen and oxygen atoms in total. The smallest absolute Gasteiger partial charge is 0.462 e. The van der Waals surface area contributed by atoms with E-state index in [9.17, 15) is 43.2 Å². The molecular formula is C59H114O17P2. The van der Waals surface area contributed by atoms with Crippen molar-refractivity contribution in [2.45, 2.75) is 304 Å². The molecule has 0 aliphatic heterocycles. The predicted octanol–water partition coefficient (Wildman–Crippen LogP) is 15.7. The highest BCUT2D eigenvalue weighted by Crippen LogP contribution is 2.45. The zero-order valence-corrected chi connectivity index (χ0v) is 51.7. The van der Waals surface area contributed by atoms with Crippen LogP contribution in [0.3, 0.4) is 0 Å². The summed E-state index contributed by atoms with van der Waals surface area (Å²) in [5.74, 6) is -0.733. The summed E-state index contributed by atoms with van der Waals surface area (Å²) in [6.07, 6.45) is 32.6. The minimum Gasteiger partial charge on any atom is -0.462 e. The maximum atomic E-state index is 12.9. The molecule has 0 bridgehead atoms. The predicted molar refractivity (Wildman–Crippen MR) is 308 cm³/mol. The third-order valence-electron chi connectivity index (χ3n) is 13.5. The van der Waals surface area contributed by atoms with E-state index < -0.39 is 97.5 Å². The zero-order valence-electron chi connectivity index (χ0n) is 50.0. The molecule has 0 spiro atoms. The van der Waals surface area contributed by atoms with Crippen LogP contribution in [0.2, 0.25) is 0 Å². The van der Waals surface area contributed by atoms with Gasteiger partial charge in [0.1, 0.15) is 19.3 Å². The Balaban J connectivity index is 5.19. The van der Waals surface area contributed by atoms with Gasteiger partial charge in [0.05, 0.1) is 26.4 Å². The van der Waals surface area contributed by atoms with Crippen LogP contribution in [0, 0.1) is 11.8 Å². The Kier molecular flexibility index (Phi) is 50.6. The van der Waals surface area contributed by atoms with Crippen molar-refractivity contribution in [1.29, 1.82) is 0 Å². The minimum atomic E-state index is -4.94. The zero-order chi connectivity index (χ0) is 58.0. The van der Waals surface area contributed by atoms with Gasteiger partial charge in [-0.3, -0.25) is 37.3 Å². The molecule has 19 heteroatoms. The second-order valence-corrected chi connectivity index (χ2v) is 25.2. The van der Waals surface area contributed by atoms with Crippen LogP contribution >= 0.6 is 15.6 Å². The average molecular weight is 1160 g/mol. The summed E-state index contributed by atoms with van der Waals surface area (Å²) in [5, 5.41) is 10.5. The number of ether oxygens (including phenoxy) is 4. The van der Waals surface area contributed by atoms with Crippen molar-refractivity contribution in [1.82, 2.24) is 0 Å². The number of aliphatic hydroxyl groups excluding tert-OH is 1. The largest absolute Gasteiger partial charge is 0.472 e. The van der Waals surface area contributed by atoms with Gasteiger partial charge in [-0.05, 0) is 37.5 Å². The van der Waals surface area contributed by atoms with E-state index in [0.29, 0.717) is 31.6 Å². The fourth-order valence-corrected chi connectivity index (χ4v) is 10.2. The number of esters is 4. The molecule has 0 radical (unpaired) electrons. The lowest BCUT2D eigenvalue weighted by atomic mass is 10.0. The summed E-state index contributed by atoms with van der Waals surface area (Å²) >= 11 is 0. The normalized spacial score (nSPS) is 14.4. The molecule has 0 aliphatic carbocycles. The summed E-state index contributed by atoms with van der Waals surface area (Å²) in [7, 11) is -9.87. The Morgan fingerprint density at radius 1 is 0.346 bits per heavy atom. The molecule has 0 aliphatic rings. The number of hydrogen-bond donors (Lipinski definition) is 3. The molecule has 3 N–H and O–H groups in total. The summed E-state index contributed by atoms with van der Waals surface area (Å²) in [4.78, 5) is 71.7. The van der Waals surface area contributed by atoms with Crippen molar-refractivity contribution in [3.05, 3.63) is 0 Å². The summed E-state index contributed by atoms with van der Waals surface area (Å²) in [5.41, 5.74) is 0. The first kappa shape index (κ1) is 76.1. The summed E-state index contributed by atoms with van der Waals surface area (Å²) in [6, 6.07) is 0. The summed E-state index contributed by atoms with van der Waals surface area (Å²) in [6.45, 7) is 9.26. The molecular weight excluding hydrogens is 1040 g/mol. The SMILES string of the molecule is CCCCCCCCCCCCCC(=O)OC[C@H](COP(=O)(O)OC[C@@H](O)COP(=O)(O)OC[C@@H](COC(=O)CCCCCCC)OC(=O)CCCCCCCCC(C)C)OC(=O)CCCCCCCCCCCCC(C)C. The number of phosphoric acid groups is 2. The van der Waals surface area contributed by atoms with Crippen molar-refractivity contribution >= 4 is 39.5 Å². The van der Waals surface area contributed by atoms with E-state index in [1.54, 1.807) is 0 Å². The van der Waals surface area contributed by atoms with Gasteiger partial charge < -0.3 is 33.8 Å². The fourth-order valence-electron chi connectivity index (χ4n) is 8.65. The van der Waals surface area contributed by atoms with Crippen molar-refractivity contribution in [2.24, 2.45) is 11.8 Å². The second kappa shape index (κ2) is 51.9. The molecule has 0 aromatic rings. The molecule has 0 aromatic carbocycles. The number of hydrogen-bond acceptors (Lipinski definition) is 15. The maximum Gasteiger partial charge on any atom is 0.472 e. The Hall–Kier alpha value is -1.94.